The molecule has 2 aromatic carbocycles. The van der Waals surface area contributed by atoms with Crippen LogP contribution in [0.5, 0.6) is 11.5 Å². The molecule has 0 spiro atoms. The summed E-state index contributed by atoms with van der Waals surface area (Å²) in [6, 6.07) is 13.4. The van der Waals surface area contributed by atoms with E-state index in [0.29, 0.717) is 40.5 Å². The van der Waals surface area contributed by atoms with Crippen LogP contribution in [0, 0.1) is 29.6 Å². The summed E-state index contributed by atoms with van der Waals surface area (Å²) >= 11 is 0. The number of rotatable bonds is 17. The van der Waals surface area contributed by atoms with E-state index in [1.807, 2.05) is 41.2 Å². The minimum Gasteiger partial charge on any atom is -0.496 e. The van der Waals surface area contributed by atoms with Crippen LogP contribution in [-0.2, 0) is 11.3 Å². The number of nitrogens with two attached hydrogens (primary N) is 1. The first kappa shape index (κ1) is 38.6. The van der Waals surface area contributed by atoms with E-state index in [2.05, 4.69) is 42.5 Å². The van der Waals surface area contributed by atoms with E-state index in [9.17, 15) is 14.7 Å². The van der Waals surface area contributed by atoms with Gasteiger partial charge in [-0.2, -0.15) is 5.10 Å². The fourth-order valence-electron chi connectivity index (χ4n) is 10.0. The number of unbranched alkanes of at least 4 members (excludes halogenated alkanes) is 1. The van der Waals surface area contributed by atoms with Crippen molar-refractivity contribution in [3.63, 3.8) is 0 Å². The average Bonchev–Trinajstić information content (AvgIpc) is 3.83. The maximum atomic E-state index is 14.4. The molecule has 12 heteroatoms. The largest absolute Gasteiger partial charge is 0.496 e. The first-order valence-corrected chi connectivity index (χ1v) is 20.2. The average molecular weight is 752 g/mol. The molecule has 0 aliphatic heterocycles. The zero-order valence-corrected chi connectivity index (χ0v) is 33.0. The number of nitrogens with zero attached hydrogens (tertiary/aromatic N) is 5. The number of nitrogens with one attached hydrogen (secondary N) is 1. The molecule has 4 fully saturated rings. The second-order valence-corrected chi connectivity index (χ2v) is 16.6. The number of carboxylic acids is 1. The summed E-state index contributed by atoms with van der Waals surface area (Å²) in [5.74, 6) is 1.31. The minimum atomic E-state index is -1.30. The Morgan fingerprint density at radius 3 is 2.24 bits per heavy atom. The Balaban J connectivity index is 1.23. The van der Waals surface area contributed by atoms with E-state index in [1.165, 1.54) is 19.3 Å². The third-order valence-electron chi connectivity index (χ3n) is 12.7. The zero-order valence-electron chi connectivity index (χ0n) is 33.0. The number of benzene rings is 2. The highest BCUT2D eigenvalue weighted by Crippen LogP contribution is 2.58. The maximum absolute atomic E-state index is 14.4. The van der Waals surface area contributed by atoms with Gasteiger partial charge in [0.2, 0.25) is 0 Å². The van der Waals surface area contributed by atoms with Gasteiger partial charge in [-0.1, -0.05) is 51.0 Å². The van der Waals surface area contributed by atoms with Gasteiger partial charge in [-0.05, 0) is 129 Å². The number of methoxy groups -OCH3 is 2. The van der Waals surface area contributed by atoms with E-state index in [1.54, 1.807) is 25.0 Å². The summed E-state index contributed by atoms with van der Waals surface area (Å²) in [7, 11) is 3.20. The Morgan fingerprint density at radius 2 is 1.62 bits per heavy atom. The van der Waals surface area contributed by atoms with Gasteiger partial charge in [-0.15, -0.1) is 5.10 Å². The second-order valence-electron chi connectivity index (χ2n) is 16.6. The lowest BCUT2D eigenvalue weighted by molar-refractivity contribution is -0.163. The lowest BCUT2D eigenvalue weighted by Crippen LogP contribution is -2.70. The Morgan fingerprint density at radius 1 is 0.945 bits per heavy atom. The Bertz CT molecular complexity index is 1950. The number of ether oxygens (including phenoxy) is 2. The van der Waals surface area contributed by atoms with Crippen LogP contribution in [0.4, 0.5) is 0 Å². The summed E-state index contributed by atoms with van der Waals surface area (Å²) < 4.78 is 15.4. The first-order valence-electron chi connectivity index (χ1n) is 20.2. The Kier molecular flexibility index (Phi) is 11.3. The molecule has 0 radical (unpaired) electrons. The molecule has 4 aromatic rings. The van der Waals surface area contributed by atoms with Crippen LogP contribution in [0.1, 0.15) is 107 Å². The first-order chi connectivity index (χ1) is 26.6. The molecule has 4 saturated carbocycles. The molecule has 2 heterocycles. The molecular formula is C43H57N7O5. The van der Waals surface area contributed by atoms with E-state index in [-0.39, 0.29) is 23.4 Å². The van der Waals surface area contributed by atoms with Gasteiger partial charge < -0.3 is 25.6 Å². The van der Waals surface area contributed by atoms with Gasteiger partial charge in [0, 0.05) is 12.1 Å². The van der Waals surface area contributed by atoms with Crippen molar-refractivity contribution in [3.8, 4) is 39.7 Å². The van der Waals surface area contributed by atoms with Crippen molar-refractivity contribution in [2.75, 3.05) is 20.8 Å². The van der Waals surface area contributed by atoms with Gasteiger partial charge in [0.25, 0.3) is 5.91 Å². The molecule has 4 bridgehead atoms. The van der Waals surface area contributed by atoms with Crippen molar-refractivity contribution in [2.45, 2.75) is 103 Å². The fourth-order valence-corrected chi connectivity index (χ4v) is 10.0. The second kappa shape index (κ2) is 16.2. The Labute approximate surface area is 324 Å². The molecule has 4 N–H and O–H groups in total. The summed E-state index contributed by atoms with van der Waals surface area (Å²) in [5, 5.41) is 27.8. The quantitative estimate of drug-likeness (QED) is 0.0929. The van der Waals surface area contributed by atoms with E-state index in [0.717, 1.165) is 80.5 Å². The highest BCUT2D eigenvalue weighted by molar-refractivity contribution is 5.98. The van der Waals surface area contributed by atoms with E-state index in [4.69, 9.17) is 20.3 Å². The van der Waals surface area contributed by atoms with Crippen LogP contribution in [-0.4, -0.2) is 68.1 Å². The highest BCUT2D eigenvalue weighted by atomic mass is 16.5. The van der Waals surface area contributed by atoms with Gasteiger partial charge in [0.05, 0.1) is 37.4 Å². The van der Waals surface area contributed by atoms with Crippen LogP contribution in [0.15, 0.2) is 48.7 Å². The third-order valence-corrected chi connectivity index (χ3v) is 12.7. The zero-order chi connectivity index (χ0) is 38.9. The number of carbonyl (C=O) groups excluding carboxylic acids is 1. The van der Waals surface area contributed by atoms with Crippen LogP contribution in [0.3, 0.4) is 0 Å². The molecule has 12 nitrogen and oxygen atoms in total. The van der Waals surface area contributed by atoms with Crippen molar-refractivity contribution in [2.24, 2.45) is 35.3 Å². The SMILES string of the molecule is COc1cccc(OC)c1-c1cc(C(=O)NC2(C(=O)O)C3CC4CC(C3)CC2C4)nn1-c1ccc(-c2cn(CCCC(C)CCCCN)nn2)cc1C(C)C. The molecule has 0 saturated heterocycles. The number of amides is 1. The van der Waals surface area contributed by atoms with Crippen molar-refractivity contribution >= 4 is 11.9 Å². The van der Waals surface area contributed by atoms with Crippen molar-refractivity contribution < 1.29 is 24.2 Å². The van der Waals surface area contributed by atoms with Gasteiger partial charge in [-0.25, -0.2) is 9.48 Å². The number of carboxylic acid groups (broad SMARTS) is 1. The maximum Gasteiger partial charge on any atom is 0.330 e. The predicted octanol–water partition coefficient (Wildman–Crippen LogP) is 7.49. The summed E-state index contributed by atoms with van der Waals surface area (Å²) in [6.45, 7) is 8.10. The van der Waals surface area contributed by atoms with Crippen LogP contribution in [0.2, 0.25) is 0 Å². The van der Waals surface area contributed by atoms with Crippen molar-refractivity contribution in [1.82, 2.24) is 30.1 Å². The molecule has 4 aliphatic carbocycles. The third kappa shape index (κ3) is 7.49. The molecule has 294 valence electrons. The molecule has 1 amide bonds. The van der Waals surface area contributed by atoms with Crippen molar-refractivity contribution in [1.29, 1.82) is 0 Å². The fraction of sp³-hybridized carbons (Fsp3) is 0.558. The van der Waals surface area contributed by atoms with Crippen LogP contribution in [0.25, 0.3) is 28.2 Å². The summed E-state index contributed by atoms with van der Waals surface area (Å²) in [5.41, 5.74) is 9.20. The molecule has 1 unspecified atom stereocenters. The molecule has 55 heavy (non-hydrogen) atoms. The number of hydrogen-bond donors (Lipinski definition) is 3. The predicted molar refractivity (Wildman–Crippen MR) is 211 cm³/mol. The highest BCUT2D eigenvalue weighted by Gasteiger charge is 2.62. The number of aliphatic carboxylic acids is 1. The van der Waals surface area contributed by atoms with Gasteiger partial charge in [0.1, 0.15) is 22.7 Å². The topological polar surface area (TPSA) is 159 Å². The summed E-state index contributed by atoms with van der Waals surface area (Å²) in [4.78, 5) is 27.5. The normalized spacial score (nSPS) is 23.3. The van der Waals surface area contributed by atoms with Crippen LogP contribution >= 0.6 is 0 Å². The van der Waals surface area contributed by atoms with Gasteiger partial charge >= 0.3 is 5.97 Å². The Hall–Kier alpha value is -4.71. The molecule has 8 rings (SSSR count). The van der Waals surface area contributed by atoms with E-state index < -0.39 is 17.4 Å². The van der Waals surface area contributed by atoms with Gasteiger partial charge in [-0.3, -0.25) is 9.48 Å². The lowest BCUT2D eigenvalue weighted by Gasteiger charge is -2.59. The molecular weight excluding hydrogens is 695 g/mol. The number of carbonyl (C=O) groups is 2. The number of hydrogen-bond acceptors (Lipinski definition) is 8. The molecule has 2 aromatic heterocycles. The van der Waals surface area contributed by atoms with Crippen LogP contribution < -0.4 is 20.5 Å². The van der Waals surface area contributed by atoms with Gasteiger partial charge in [0.15, 0.2) is 5.69 Å². The molecule has 4 aliphatic rings. The van der Waals surface area contributed by atoms with E-state index >= 15 is 0 Å². The monoisotopic (exact) mass is 751 g/mol. The van der Waals surface area contributed by atoms with Crippen molar-refractivity contribution in [3.05, 3.63) is 59.9 Å². The summed E-state index contributed by atoms with van der Waals surface area (Å²) in [6.07, 6.45) is 12.1. The number of aromatic nitrogens is 5. The minimum absolute atomic E-state index is 0.0722. The standard InChI is InChI=1S/C43H57N7O5/c1-26(2)33-23-30(35-25-49(48-46-35)17-9-11-27(3)10-6-7-16-44)14-15-36(33)50-37(40-38(54-4)12-8-13-39(40)55-5)24-34(47-50)41(51)45-43(42(52)53)31-19-28-18-29(21-31)22-32(43)20-28/h8,12-15,23-29,31-32H,6-7,9-11,16-22,44H2,1-5H3,(H,45,51)(H,52,53). The smallest absolute Gasteiger partial charge is 0.330 e. The molecule has 1 atom stereocenters. The lowest BCUT2D eigenvalue weighted by atomic mass is 9.48. The number of aryl methyl sites for hydroxylation is 1.